The molecular formula is C14H24N4. The molecule has 0 amide bonds. The fourth-order valence-corrected chi connectivity index (χ4v) is 2.70. The Morgan fingerprint density at radius 2 is 1.83 bits per heavy atom. The molecule has 100 valence electrons. The van der Waals surface area contributed by atoms with Gasteiger partial charge in [0.05, 0.1) is 0 Å². The van der Waals surface area contributed by atoms with Gasteiger partial charge < -0.3 is 10.2 Å². The molecule has 0 spiro atoms. The minimum Gasteiger partial charge on any atom is -0.340 e. The SMILES string of the molecule is CCNCc1cnc(N2CC(C)CC(C)C2)nc1. The van der Waals surface area contributed by atoms with Gasteiger partial charge in [0.25, 0.3) is 0 Å². The normalized spacial score (nSPS) is 24.3. The van der Waals surface area contributed by atoms with Crippen LogP contribution in [-0.4, -0.2) is 29.6 Å². The first-order valence-corrected chi connectivity index (χ1v) is 6.95. The zero-order valence-corrected chi connectivity index (χ0v) is 11.7. The molecule has 18 heavy (non-hydrogen) atoms. The van der Waals surface area contributed by atoms with Gasteiger partial charge in [-0.1, -0.05) is 20.8 Å². The molecule has 2 rings (SSSR count). The number of hydrogen-bond acceptors (Lipinski definition) is 4. The van der Waals surface area contributed by atoms with Crippen molar-refractivity contribution in [3.63, 3.8) is 0 Å². The van der Waals surface area contributed by atoms with E-state index in [0.717, 1.165) is 49.5 Å². The van der Waals surface area contributed by atoms with Gasteiger partial charge in [-0.2, -0.15) is 0 Å². The van der Waals surface area contributed by atoms with E-state index in [9.17, 15) is 0 Å². The van der Waals surface area contributed by atoms with Gasteiger partial charge in [-0.25, -0.2) is 9.97 Å². The molecule has 1 saturated heterocycles. The summed E-state index contributed by atoms with van der Waals surface area (Å²) < 4.78 is 0. The molecule has 2 atom stereocenters. The molecular weight excluding hydrogens is 224 g/mol. The summed E-state index contributed by atoms with van der Waals surface area (Å²) in [7, 11) is 0. The van der Waals surface area contributed by atoms with E-state index in [-0.39, 0.29) is 0 Å². The third-order valence-electron chi connectivity index (χ3n) is 3.42. The zero-order chi connectivity index (χ0) is 13.0. The molecule has 2 unspecified atom stereocenters. The van der Waals surface area contributed by atoms with Gasteiger partial charge in [0.2, 0.25) is 5.95 Å². The Hall–Kier alpha value is -1.16. The van der Waals surface area contributed by atoms with E-state index >= 15 is 0 Å². The summed E-state index contributed by atoms with van der Waals surface area (Å²) in [5.74, 6) is 2.35. The third kappa shape index (κ3) is 3.42. The molecule has 1 aliphatic rings. The Labute approximate surface area is 110 Å². The molecule has 4 nitrogen and oxygen atoms in total. The van der Waals surface area contributed by atoms with Gasteiger partial charge in [0, 0.05) is 37.6 Å². The lowest BCUT2D eigenvalue weighted by molar-refractivity contribution is 0.353. The van der Waals surface area contributed by atoms with Gasteiger partial charge in [-0.05, 0) is 24.8 Å². The van der Waals surface area contributed by atoms with E-state index < -0.39 is 0 Å². The first kappa shape index (κ1) is 13.3. The van der Waals surface area contributed by atoms with Crippen molar-refractivity contribution in [1.82, 2.24) is 15.3 Å². The van der Waals surface area contributed by atoms with Crippen LogP contribution in [-0.2, 0) is 6.54 Å². The van der Waals surface area contributed by atoms with Crippen molar-refractivity contribution in [2.75, 3.05) is 24.5 Å². The number of piperidine rings is 1. The van der Waals surface area contributed by atoms with Crippen LogP contribution in [0.25, 0.3) is 0 Å². The maximum Gasteiger partial charge on any atom is 0.225 e. The van der Waals surface area contributed by atoms with Crippen molar-refractivity contribution in [2.45, 2.75) is 33.7 Å². The summed E-state index contributed by atoms with van der Waals surface area (Å²) in [6.45, 7) is 10.7. The monoisotopic (exact) mass is 248 g/mol. The van der Waals surface area contributed by atoms with Crippen molar-refractivity contribution in [3.05, 3.63) is 18.0 Å². The molecule has 1 aromatic rings. The minimum absolute atomic E-state index is 0.735. The molecule has 0 aliphatic carbocycles. The molecule has 1 fully saturated rings. The Kier molecular flexibility index (Phi) is 4.53. The fourth-order valence-electron chi connectivity index (χ4n) is 2.70. The topological polar surface area (TPSA) is 41.1 Å². The smallest absolute Gasteiger partial charge is 0.225 e. The van der Waals surface area contributed by atoms with Crippen LogP contribution in [0, 0.1) is 11.8 Å². The Bertz CT molecular complexity index is 353. The Morgan fingerprint density at radius 1 is 1.22 bits per heavy atom. The average Bonchev–Trinajstić information content (AvgIpc) is 2.36. The third-order valence-corrected chi connectivity index (χ3v) is 3.42. The second kappa shape index (κ2) is 6.14. The number of anilines is 1. The van der Waals surface area contributed by atoms with Crippen molar-refractivity contribution in [2.24, 2.45) is 11.8 Å². The predicted molar refractivity (Wildman–Crippen MR) is 74.6 cm³/mol. The molecule has 1 aromatic heterocycles. The highest BCUT2D eigenvalue weighted by molar-refractivity contribution is 5.30. The summed E-state index contributed by atoms with van der Waals surface area (Å²) in [4.78, 5) is 11.3. The van der Waals surface area contributed by atoms with Gasteiger partial charge in [-0.15, -0.1) is 0 Å². The Balaban J connectivity index is 2.00. The van der Waals surface area contributed by atoms with Crippen molar-refractivity contribution >= 4 is 5.95 Å². The summed E-state index contributed by atoms with van der Waals surface area (Å²) in [6, 6.07) is 0. The van der Waals surface area contributed by atoms with Crippen molar-refractivity contribution < 1.29 is 0 Å². The van der Waals surface area contributed by atoms with Gasteiger partial charge in [0.1, 0.15) is 0 Å². The summed E-state index contributed by atoms with van der Waals surface area (Å²) in [5, 5.41) is 3.28. The van der Waals surface area contributed by atoms with Crippen LogP contribution in [0.4, 0.5) is 5.95 Å². The molecule has 1 N–H and O–H groups in total. The number of hydrogen-bond donors (Lipinski definition) is 1. The second-order valence-corrected chi connectivity index (χ2v) is 5.52. The van der Waals surface area contributed by atoms with Crippen LogP contribution in [0.3, 0.4) is 0 Å². The molecule has 1 aliphatic heterocycles. The first-order chi connectivity index (χ1) is 8.69. The average molecular weight is 248 g/mol. The highest BCUT2D eigenvalue weighted by atomic mass is 15.3. The minimum atomic E-state index is 0.735. The largest absolute Gasteiger partial charge is 0.340 e. The fraction of sp³-hybridized carbons (Fsp3) is 0.714. The van der Waals surface area contributed by atoms with Crippen LogP contribution in [0.1, 0.15) is 32.8 Å². The van der Waals surface area contributed by atoms with E-state index in [2.05, 4.69) is 41.0 Å². The number of aromatic nitrogens is 2. The molecule has 0 bridgehead atoms. The molecule has 4 heteroatoms. The lowest BCUT2D eigenvalue weighted by atomic mass is 9.92. The predicted octanol–water partition coefficient (Wildman–Crippen LogP) is 2.07. The van der Waals surface area contributed by atoms with Crippen LogP contribution in [0.2, 0.25) is 0 Å². The standard InChI is InChI=1S/C14H24N4/c1-4-15-6-13-7-16-14(17-8-13)18-9-11(2)5-12(3)10-18/h7-8,11-12,15H,4-6,9-10H2,1-3H3. The van der Waals surface area contributed by atoms with Crippen molar-refractivity contribution in [3.8, 4) is 0 Å². The quantitative estimate of drug-likeness (QED) is 0.885. The van der Waals surface area contributed by atoms with E-state index in [1.165, 1.54) is 6.42 Å². The maximum absolute atomic E-state index is 4.50. The van der Waals surface area contributed by atoms with E-state index in [0.29, 0.717) is 0 Å². The van der Waals surface area contributed by atoms with Gasteiger partial charge in [0.15, 0.2) is 0 Å². The molecule has 0 saturated carbocycles. The second-order valence-electron chi connectivity index (χ2n) is 5.52. The highest BCUT2D eigenvalue weighted by Gasteiger charge is 2.23. The van der Waals surface area contributed by atoms with E-state index in [4.69, 9.17) is 0 Å². The zero-order valence-electron chi connectivity index (χ0n) is 11.7. The Morgan fingerprint density at radius 3 is 2.39 bits per heavy atom. The van der Waals surface area contributed by atoms with Crippen LogP contribution in [0.15, 0.2) is 12.4 Å². The van der Waals surface area contributed by atoms with Crippen LogP contribution in [0.5, 0.6) is 0 Å². The molecule has 0 aromatic carbocycles. The summed E-state index contributed by atoms with van der Waals surface area (Å²) >= 11 is 0. The van der Waals surface area contributed by atoms with Crippen LogP contribution >= 0.6 is 0 Å². The number of nitrogens with zero attached hydrogens (tertiary/aromatic N) is 3. The van der Waals surface area contributed by atoms with Gasteiger partial charge >= 0.3 is 0 Å². The van der Waals surface area contributed by atoms with E-state index in [1.807, 2.05) is 12.4 Å². The lowest BCUT2D eigenvalue weighted by Crippen LogP contribution is -2.39. The van der Waals surface area contributed by atoms with Gasteiger partial charge in [-0.3, -0.25) is 0 Å². The number of rotatable bonds is 4. The van der Waals surface area contributed by atoms with Crippen molar-refractivity contribution in [1.29, 1.82) is 0 Å². The maximum atomic E-state index is 4.50. The lowest BCUT2D eigenvalue weighted by Gasteiger charge is -2.34. The highest BCUT2D eigenvalue weighted by Crippen LogP contribution is 2.23. The van der Waals surface area contributed by atoms with Crippen LogP contribution < -0.4 is 10.2 Å². The summed E-state index contributed by atoms with van der Waals surface area (Å²) in [6.07, 6.45) is 5.19. The van der Waals surface area contributed by atoms with E-state index in [1.54, 1.807) is 0 Å². The first-order valence-electron chi connectivity index (χ1n) is 6.95. The summed E-state index contributed by atoms with van der Waals surface area (Å²) in [5.41, 5.74) is 1.15. The molecule has 0 radical (unpaired) electrons. The number of nitrogens with one attached hydrogen (secondary N) is 1. The molecule has 2 heterocycles.